The van der Waals surface area contributed by atoms with E-state index in [1.165, 1.54) is 11.8 Å². The summed E-state index contributed by atoms with van der Waals surface area (Å²) in [7, 11) is 1.89. The molecule has 1 aliphatic heterocycles. The van der Waals surface area contributed by atoms with Gasteiger partial charge in [0, 0.05) is 30.6 Å². The largest absolute Gasteiger partial charge is 0.508 e. The topological polar surface area (TPSA) is 95.4 Å². The van der Waals surface area contributed by atoms with E-state index in [2.05, 4.69) is 15.3 Å². The summed E-state index contributed by atoms with van der Waals surface area (Å²) in [5.74, 6) is 0.922. The number of ketones is 1. The van der Waals surface area contributed by atoms with Gasteiger partial charge in [-0.15, -0.1) is 11.8 Å². The molecule has 0 bridgehead atoms. The van der Waals surface area contributed by atoms with Gasteiger partial charge in [0.15, 0.2) is 6.29 Å². The molecule has 27 heavy (non-hydrogen) atoms. The lowest BCUT2D eigenvalue weighted by atomic mass is 10.1. The lowest BCUT2D eigenvalue weighted by Gasteiger charge is -2.17. The number of para-hydroxylation sites is 1. The molecule has 7 nitrogen and oxygen atoms in total. The van der Waals surface area contributed by atoms with Crippen molar-refractivity contribution < 1.29 is 14.7 Å². The van der Waals surface area contributed by atoms with Gasteiger partial charge in [0.25, 0.3) is 0 Å². The molecule has 1 saturated heterocycles. The lowest BCUT2D eigenvalue weighted by Crippen LogP contribution is -2.32. The third kappa shape index (κ3) is 4.72. The maximum atomic E-state index is 11.7. The van der Waals surface area contributed by atoms with E-state index < -0.39 is 11.8 Å². The molecule has 0 saturated carbocycles. The number of Topliss-reactive ketones (excluding diaryl/α,β-unsaturated/α-hetero) is 1. The molecule has 1 aromatic carbocycles. The molecule has 1 aromatic heterocycles. The lowest BCUT2D eigenvalue weighted by molar-refractivity contribution is -0.130. The van der Waals surface area contributed by atoms with Crippen molar-refractivity contribution in [3.05, 3.63) is 52.7 Å². The fourth-order valence-electron chi connectivity index (χ4n) is 2.71. The molecule has 1 fully saturated rings. The van der Waals surface area contributed by atoms with Crippen LogP contribution in [0.1, 0.15) is 11.3 Å². The zero-order chi connectivity index (χ0) is 19.2. The van der Waals surface area contributed by atoms with Gasteiger partial charge in [0.1, 0.15) is 11.8 Å². The highest BCUT2D eigenvalue weighted by molar-refractivity contribution is 8.03. The summed E-state index contributed by atoms with van der Waals surface area (Å²) in [6.07, 6.45) is 4.47. The van der Waals surface area contributed by atoms with Gasteiger partial charge in [0.05, 0.1) is 5.69 Å². The van der Waals surface area contributed by atoms with E-state index in [-0.39, 0.29) is 5.75 Å². The Morgan fingerprint density at radius 1 is 1.41 bits per heavy atom. The number of thioether (sulfide) groups is 1. The van der Waals surface area contributed by atoms with Crippen molar-refractivity contribution in [2.45, 2.75) is 12.5 Å². The summed E-state index contributed by atoms with van der Waals surface area (Å²) in [6, 6.07) is 8.41. The number of benzene rings is 1. The number of carbonyl (C=O) groups is 2. The third-order valence-corrected chi connectivity index (χ3v) is 5.21. The van der Waals surface area contributed by atoms with E-state index in [0.29, 0.717) is 36.8 Å². The zero-order valence-electron chi connectivity index (χ0n) is 14.8. The van der Waals surface area contributed by atoms with Crippen LogP contribution in [0, 0.1) is 0 Å². The summed E-state index contributed by atoms with van der Waals surface area (Å²) < 4.78 is 0. The van der Waals surface area contributed by atoms with E-state index in [4.69, 9.17) is 0 Å². The van der Waals surface area contributed by atoms with Gasteiger partial charge in [0.2, 0.25) is 11.7 Å². The van der Waals surface area contributed by atoms with Crippen LogP contribution in [0.2, 0.25) is 0 Å². The fraction of sp³-hybridized carbons (Fsp3) is 0.263. The van der Waals surface area contributed by atoms with Crippen LogP contribution in [0.5, 0.6) is 5.75 Å². The minimum absolute atomic E-state index is 0.280. The first-order valence-corrected chi connectivity index (χ1v) is 9.45. The Hall–Kier alpha value is -2.71. The number of phenolic OH excluding ortho intramolecular Hbond substituents is 1. The number of hydrogen-bond acceptors (Lipinski definition) is 8. The predicted octanol–water partition coefficient (Wildman–Crippen LogP) is 1.63. The third-order valence-electron chi connectivity index (χ3n) is 4.22. The highest BCUT2D eigenvalue weighted by Gasteiger charge is 2.27. The molecule has 1 atom stereocenters. The Morgan fingerprint density at radius 3 is 3.00 bits per heavy atom. The molecule has 140 valence electrons. The molecule has 3 rings (SSSR count). The molecule has 2 aromatic rings. The molecule has 0 radical (unpaired) electrons. The number of aromatic nitrogens is 2. The molecule has 8 heteroatoms. The van der Waals surface area contributed by atoms with Gasteiger partial charge in [-0.1, -0.05) is 18.2 Å². The second-order valence-corrected chi connectivity index (χ2v) is 7.12. The summed E-state index contributed by atoms with van der Waals surface area (Å²) in [5.41, 5.74) is 1.54. The fourth-order valence-corrected chi connectivity index (χ4v) is 3.70. The molecule has 0 aliphatic carbocycles. The number of aldehydes is 1. The summed E-state index contributed by atoms with van der Waals surface area (Å²) in [5, 5.41) is 12.9. The molecule has 2 N–H and O–H groups in total. The van der Waals surface area contributed by atoms with E-state index in [1.54, 1.807) is 30.5 Å². The van der Waals surface area contributed by atoms with Gasteiger partial charge >= 0.3 is 0 Å². The summed E-state index contributed by atoms with van der Waals surface area (Å²) >= 11 is 1.48. The maximum Gasteiger partial charge on any atom is 0.225 e. The Morgan fingerprint density at radius 2 is 2.22 bits per heavy atom. The number of carbonyl (C=O) groups excluding carboxylic acids is 2. The second-order valence-electron chi connectivity index (χ2n) is 6.07. The second kappa shape index (κ2) is 8.79. The minimum Gasteiger partial charge on any atom is -0.508 e. The van der Waals surface area contributed by atoms with Crippen LogP contribution in [0.15, 0.2) is 41.4 Å². The SMILES string of the molecule is CN(CCc1ccccc1O)c1nccc(/C=C2\SCNC2C(=O)C=O)n1. The monoisotopic (exact) mass is 384 g/mol. The van der Waals surface area contributed by atoms with Crippen molar-refractivity contribution in [3.63, 3.8) is 0 Å². The van der Waals surface area contributed by atoms with Gasteiger partial charge < -0.3 is 10.0 Å². The van der Waals surface area contributed by atoms with Crippen molar-refractivity contribution in [3.8, 4) is 5.75 Å². The number of nitrogens with one attached hydrogen (secondary N) is 1. The molecule has 1 aliphatic rings. The van der Waals surface area contributed by atoms with Crippen molar-refractivity contribution >= 4 is 35.9 Å². The molecule has 1 unspecified atom stereocenters. The average Bonchev–Trinajstić information content (AvgIpc) is 3.15. The average molecular weight is 384 g/mol. The van der Waals surface area contributed by atoms with Crippen LogP contribution in [-0.2, 0) is 16.0 Å². The Bertz CT molecular complexity index is 872. The van der Waals surface area contributed by atoms with Crippen LogP contribution in [0.4, 0.5) is 5.95 Å². The van der Waals surface area contributed by atoms with E-state index in [0.717, 1.165) is 10.5 Å². The molecule has 0 spiro atoms. The smallest absolute Gasteiger partial charge is 0.225 e. The maximum absolute atomic E-state index is 11.7. The quantitative estimate of drug-likeness (QED) is 0.549. The van der Waals surface area contributed by atoms with Crippen molar-refractivity contribution in [2.24, 2.45) is 0 Å². The molecular formula is C19H20N4O3S. The van der Waals surface area contributed by atoms with Crippen LogP contribution in [0.25, 0.3) is 6.08 Å². The number of rotatable bonds is 7. The number of aromatic hydroxyl groups is 1. The van der Waals surface area contributed by atoms with Crippen molar-refractivity contribution in [1.82, 2.24) is 15.3 Å². The van der Waals surface area contributed by atoms with E-state index in [1.807, 2.05) is 24.1 Å². The van der Waals surface area contributed by atoms with Gasteiger partial charge in [-0.2, -0.15) is 0 Å². The summed E-state index contributed by atoms with van der Waals surface area (Å²) in [4.78, 5) is 34.0. The van der Waals surface area contributed by atoms with E-state index >= 15 is 0 Å². The van der Waals surface area contributed by atoms with E-state index in [9.17, 15) is 14.7 Å². The zero-order valence-corrected chi connectivity index (χ0v) is 15.6. The van der Waals surface area contributed by atoms with Crippen molar-refractivity contribution in [1.29, 1.82) is 0 Å². The predicted molar refractivity (Wildman–Crippen MR) is 106 cm³/mol. The first-order chi connectivity index (χ1) is 13.1. The highest BCUT2D eigenvalue weighted by atomic mass is 32.2. The molecular weight excluding hydrogens is 364 g/mol. The first-order valence-electron chi connectivity index (χ1n) is 8.46. The van der Waals surface area contributed by atoms with Gasteiger partial charge in [-0.05, 0) is 30.2 Å². The normalized spacial score (nSPS) is 17.8. The minimum atomic E-state index is -0.593. The number of anilines is 1. The van der Waals surface area contributed by atoms with Crippen molar-refractivity contribution in [2.75, 3.05) is 24.4 Å². The summed E-state index contributed by atoms with van der Waals surface area (Å²) in [6.45, 7) is 0.639. The van der Waals surface area contributed by atoms with Gasteiger partial charge in [-0.3, -0.25) is 14.9 Å². The Labute approximate surface area is 161 Å². The molecule has 0 amide bonds. The van der Waals surface area contributed by atoms with Crippen LogP contribution in [-0.4, -0.2) is 52.7 Å². The van der Waals surface area contributed by atoms with Crippen LogP contribution < -0.4 is 10.2 Å². The first kappa shape index (κ1) is 19.1. The Balaban J connectivity index is 1.71. The van der Waals surface area contributed by atoms with Crippen LogP contribution >= 0.6 is 11.8 Å². The number of likely N-dealkylation sites (N-methyl/N-ethyl adjacent to an activating group) is 1. The number of nitrogens with zero attached hydrogens (tertiary/aromatic N) is 3. The number of phenols is 1. The van der Waals surface area contributed by atoms with Gasteiger partial charge in [-0.25, -0.2) is 9.97 Å². The number of hydrogen-bond donors (Lipinski definition) is 2. The highest BCUT2D eigenvalue weighted by Crippen LogP contribution is 2.27. The van der Waals surface area contributed by atoms with Crippen LogP contribution in [0.3, 0.4) is 0 Å². The molecule has 2 heterocycles. The standard InChI is InChI=1S/C19H20N4O3S/c1-23(9-7-13-4-2-3-5-15(13)25)19-20-8-6-14(22-19)10-17-18(16(26)11-24)21-12-27-17/h2-6,8,10-11,18,21,25H,7,9,12H2,1H3/b17-10-. The Kier molecular flexibility index (Phi) is 6.20.